The van der Waals surface area contributed by atoms with Gasteiger partial charge in [0, 0.05) is 19.2 Å². The smallest absolute Gasteiger partial charge is 0.346 e. The summed E-state index contributed by atoms with van der Waals surface area (Å²) in [5, 5.41) is 4.47. The van der Waals surface area contributed by atoms with E-state index in [4.69, 9.17) is 4.74 Å². The van der Waals surface area contributed by atoms with E-state index < -0.39 is 5.60 Å². The number of ether oxygens (including phenoxy) is 1. The summed E-state index contributed by atoms with van der Waals surface area (Å²) < 4.78 is 9.47. The number of aryl methyl sites for hydroxylation is 1. The first-order valence-corrected chi connectivity index (χ1v) is 10.8. The lowest BCUT2D eigenvalue weighted by atomic mass is 10.0. The fraction of sp³-hybridized carbons (Fsp3) is 0.522. The molecular formula is C23H30N4O3. The highest BCUT2D eigenvalue weighted by atomic mass is 16.5. The Labute approximate surface area is 176 Å². The predicted molar refractivity (Wildman–Crippen MR) is 115 cm³/mol. The lowest BCUT2D eigenvalue weighted by Gasteiger charge is -2.33. The van der Waals surface area contributed by atoms with Crippen LogP contribution in [0.25, 0.3) is 6.08 Å². The van der Waals surface area contributed by atoms with Crippen LogP contribution in [-0.4, -0.2) is 43.8 Å². The summed E-state index contributed by atoms with van der Waals surface area (Å²) in [5.41, 5.74) is 0.429. The molecule has 0 radical (unpaired) electrons. The van der Waals surface area contributed by atoms with Crippen LogP contribution in [0.5, 0.6) is 0 Å². The van der Waals surface area contributed by atoms with Gasteiger partial charge in [-0.1, -0.05) is 44.2 Å². The van der Waals surface area contributed by atoms with E-state index in [0.29, 0.717) is 44.5 Å². The average Bonchev–Trinajstić information content (AvgIpc) is 3.29. The fourth-order valence-corrected chi connectivity index (χ4v) is 4.21. The zero-order valence-corrected chi connectivity index (χ0v) is 17.8. The van der Waals surface area contributed by atoms with Gasteiger partial charge in [0.1, 0.15) is 12.2 Å². The highest BCUT2D eigenvalue weighted by Gasteiger charge is 2.44. The second-order valence-electron chi connectivity index (χ2n) is 8.77. The van der Waals surface area contributed by atoms with Crippen LogP contribution in [0.4, 0.5) is 0 Å². The number of carbonyl (C=O) groups is 1. The van der Waals surface area contributed by atoms with E-state index in [1.165, 1.54) is 0 Å². The second kappa shape index (κ2) is 8.60. The molecule has 0 bridgehead atoms. The van der Waals surface area contributed by atoms with Crippen LogP contribution in [-0.2, 0) is 29.2 Å². The molecule has 0 saturated carbocycles. The first kappa shape index (κ1) is 20.6. The Balaban J connectivity index is 1.40. The number of hydrogen-bond acceptors (Lipinski definition) is 4. The summed E-state index contributed by atoms with van der Waals surface area (Å²) in [6.07, 6.45) is 6.18. The number of benzene rings is 1. The Hall–Kier alpha value is -2.67. The molecule has 3 heterocycles. The molecule has 30 heavy (non-hydrogen) atoms. The van der Waals surface area contributed by atoms with Gasteiger partial charge < -0.3 is 9.64 Å². The van der Waals surface area contributed by atoms with Crippen molar-refractivity contribution in [2.45, 2.75) is 58.4 Å². The van der Waals surface area contributed by atoms with Gasteiger partial charge in [0.15, 0.2) is 5.82 Å². The van der Waals surface area contributed by atoms with E-state index in [-0.39, 0.29) is 11.6 Å². The van der Waals surface area contributed by atoms with E-state index in [0.717, 1.165) is 24.8 Å². The molecule has 1 amide bonds. The molecule has 4 rings (SSSR count). The maximum atomic E-state index is 12.8. The molecule has 1 unspecified atom stereocenters. The normalized spacial score (nSPS) is 21.1. The SMILES string of the molecule is CC(C)CCCn1nc2n(c1=O)CC1(CCN(C(=O)/C=C/c3ccccc3)C1)OC2. The third-order valence-corrected chi connectivity index (χ3v) is 5.95. The molecule has 1 fully saturated rings. The molecule has 2 aromatic rings. The monoisotopic (exact) mass is 410 g/mol. The molecule has 7 nitrogen and oxygen atoms in total. The van der Waals surface area contributed by atoms with Crippen molar-refractivity contribution < 1.29 is 9.53 Å². The van der Waals surface area contributed by atoms with E-state index in [1.54, 1.807) is 15.3 Å². The van der Waals surface area contributed by atoms with Gasteiger partial charge in [-0.25, -0.2) is 9.48 Å². The molecule has 2 aliphatic rings. The number of fused-ring (bicyclic) bond motifs is 1. The molecule has 1 spiro atoms. The molecule has 0 N–H and O–H groups in total. The average molecular weight is 411 g/mol. The van der Waals surface area contributed by atoms with Gasteiger partial charge in [-0.2, -0.15) is 5.10 Å². The van der Waals surface area contributed by atoms with Crippen molar-refractivity contribution >= 4 is 12.0 Å². The topological polar surface area (TPSA) is 69.4 Å². The maximum absolute atomic E-state index is 12.8. The lowest BCUT2D eigenvalue weighted by molar-refractivity contribution is -0.128. The van der Waals surface area contributed by atoms with E-state index in [2.05, 4.69) is 18.9 Å². The molecule has 1 atom stereocenters. The number of rotatable bonds is 6. The van der Waals surface area contributed by atoms with E-state index in [1.807, 2.05) is 41.3 Å². The molecule has 1 saturated heterocycles. The zero-order chi connectivity index (χ0) is 21.1. The Kier molecular flexibility index (Phi) is 5.90. The largest absolute Gasteiger partial charge is 0.363 e. The van der Waals surface area contributed by atoms with Gasteiger partial charge in [0.2, 0.25) is 5.91 Å². The summed E-state index contributed by atoms with van der Waals surface area (Å²) in [7, 11) is 0. The molecule has 2 aliphatic heterocycles. The van der Waals surface area contributed by atoms with E-state index >= 15 is 0 Å². The van der Waals surface area contributed by atoms with Crippen molar-refractivity contribution in [3.63, 3.8) is 0 Å². The summed E-state index contributed by atoms with van der Waals surface area (Å²) in [4.78, 5) is 27.3. The Morgan fingerprint density at radius 1 is 1.27 bits per heavy atom. The Morgan fingerprint density at radius 3 is 2.83 bits per heavy atom. The van der Waals surface area contributed by atoms with Crippen LogP contribution in [0.2, 0.25) is 0 Å². The summed E-state index contributed by atoms with van der Waals surface area (Å²) in [6, 6.07) is 9.78. The quantitative estimate of drug-likeness (QED) is 0.687. The molecule has 1 aromatic carbocycles. The summed E-state index contributed by atoms with van der Waals surface area (Å²) in [5.74, 6) is 1.27. The van der Waals surface area contributed by atoms with Gasteiger partial charge in [0.05, 0.1) is 13.1 Å². The van der Waals surface area contributed by atoms with Crippen molar-refractivity contribution in [1.82, 2.24) is 19.2 Å². The summed E-state index contributed by atoms with van der Waals surface area (Å²) >= 11 is 0. The predicted octanol–water partition coefficient (Wildman–Crippen LogP) is 2.70. The van der Waals surface area contributed by atoms with Gasteiger partial charge in [-0.3, -0.25) is 9.36 Å². The van der Waals surface area contributed by atoms with Crippen molar-refractivity contribution in [1.29, 1.82) is 0 Å². The van der Waals surface area contributed by atoms with Gasteiger partial charge >= 0.3 is 5.69 Å². The maximum Gasteiger partial charge on any atom is 0.346 e. The van der Waals surface area contributed by atoms with E-state index in [9.17, 15) is 9.59 Å². The van der Waals surface area contributed by atoms with Gasteiger partial charge in [-0.05, 0) is 36.8 Å². The Bertz CT molecular complexity index is 976. The highest BCUT2D eigenvalue weighted by molar-refractivity contribution is 5.92. The third-order valence-electron chi connectivity index (χ3n) is 5.95. The second-order valence-corrected chi connectivity index (χ2v) is 8.77. The van der Waals surface area contributed by atoms with Crippen molar-refractivity contribution in [3.05, 3.63) is 58.3 Å². The van der Waals surface area contributed by atoms with Crippen LogP contribution in [0, 0.1) is 5.92 Å². The molecule has 0 aliphatic carbocycles. The minimum absolute atomic E-state index is 0.0261. The van der Waals surface area contributed by atoms with Crippen LogP contribution >= 0.6 is 0 Å². The number of hydrogen-bond donors (Lipinski definition) is 0. The van der Waals surface area contributed by atoms with Crippen LogP contribution in [0.1, 0.15) is 44.5 Å². The number of aromatic nitrogens is 3. The van der Waals surface area contributed by atoms with Crippen LogP contribution in [0.15, 0.2) is 41.2 Å². The fourth-order valence-electron chi connectivity index (χ4n) is 4.21. The van der Waals surface area contributed by atoms with Crippen molar-refractivity contribution in [3.8, 4) is 0 Å². The van der Waals surface area contributed by atoms with Crippen LogP contribution < -0.4 is 5.69 Å². The zero-order valence-electron chi connectivity index (χ0n) is 17.8. The number of likely N-dealkylation sites (tertiary alicyclic amines) is 1. The Morgan fingerprint density at radius 2 is 2.07 bits per heavy atom. The number of amides is 1. The third kappa shape index (κ3) is 4.41. The van der Waals surface area contributed by atoms with Crippen molar-refractivity contribution in [2.75, 3.05) is 13.1 Å². The molecule has 7 heteroatoms. The molecular weight excluding hydrogens is 380 g/mol. The first-order valence-electron chi connectivity index (χ1n) is 10.8. The minimum Gasteiger partial charge on any atom is -0.363 e. The van der Waals surface area contributed by atoms with Gasteiger partial charge in [-0.15, -0.1) is 0 Å². The lowest BCUT2D eigenvalue weighted by Crippen LogP contribution is -2.47. The highest BCUT2D eigenvalue weighted by Crippen LogP contribution is 2.31. The first-order chi connectivity index (χ1) is 14.5. The van der Waals surface area contributed by atoms with Gasteiger partial charge in [0.25, 0.3) is 0 Å². The standard InChI is InChI=1S/C23H30N4O3/c1-18(2)7-6-13-27-22(29)26-17-23(30-15-20(26)24-27)12-14-25(16-23)21(28)11-10-19-8-4-3-5-9-19/h3-5,8-11,18H,6-7,12-17H2,1-2H3/b11-10+. The number of carbonyl (C=O) groups excluding carboxylic acids is 1. The van der Waals surface area contributed by atoms with Crippen molar-refractivity contribution in [2.24, 2.45) is 5.92 Å². The number of nitrogens with zero attached hydrogens (tertiary/aromatic N) is 4. The van der Waals surface area contributed by atoms with Crippen LogP contribution in [0.3, 0.4) is 0 Å². The molecule has 160 valence electrons. The summed E-state index contributed by atoms with van der Waals surface area (Å²) in [6.45, 7) is 6.90. The minimum atomic E-state index is -0.501. The molecule has 1 aromatic heterocycles.